The van der Waals surface area contributed by atoms with E-state index in [2.05, 4.69) is 0 Å². The van der Waals surface area contributed by atoms with Crippen molar-refractivity contribution in [3.63, 3.8) is 0 Å². The number of carbonyl (C=O) groups excluding carboxylic acids is 2. The van der Waals surface area contributed by atoms with Gasteiger partial charge in [-0.25, -0.2) is 4.79 Å². The average molecular weight is 317 g/mol. The van der Waals surface area contributed by atoms with Crippen LogP contribution in [-0.2, 0) is 9.59 Å². The summed E-state index contributed by atoms with van der Waals surface area (Å²) >= 11 is 0. The smallest absolute Gasteiger partial charge is 0.335 e. The van der Waals surface area contributed by atoms with E-state index >= 15 is 0 Å². The second-order valence-electron chi connectivity index (χ2n) is 6.46. The van der Waals surface area contributed by atoms with Crippen LogP contribution in [0.4, 0.5) is 5.69 Å². The Balaban J connectivity index is 1.73. The highest BCUT2D eigenvalue weighted by Gasteiger charge is 2.67. The first kappa shape index (κ1) is 14.3. The molecule has 3 aliphatic rings. The fourth-order valence-corrected chi connectivity index (χ4v) is 4.46. The molecule has 0 aromatic heterocycles. The first-order valence-electron chi connectivity index (χ1n) is 7.49. The molecule has 3 fully saturated rings. The predicted octanol–water partition coefficient (Wildman–Crippen LogP) is -0.138. The van der Waals surface area contributed by atoms with E-state index in [1.54, 1.807) is 0 Å². The van der Waals surface area contributed by atoms with Crippen LogP contribution in [0.1, 0.15) is 16.8 Å². The summed E-state index contributed by atoms with van der Waals surface area (Å²) in [5.41, 5.74) is 0.209. The van der Waals surface area contributed by atoms with E-state index in [0.29, 0.717) is 6.42 Å². The number of anilines is 1. The van der Waals surface area contributed by atoms with Gasteiger partial charge in [0.05, 0.1) is 35.3 Å². The van der Waals surface area contributed by atoms with Crippen LogP contribution in [0.5, 0.6) is 0 Å². The van der Waals surface area contributed by atoms with Gasteiger partial charge in [0.25, 0.3) is 0 Å². The second kappa shape index (κ2) is 4.62. The summed E-state index contributed by atoms with van der Waals surface area (Å²) in [6.07, 6.45) is -1.50. The minimum Gasteiger partial charge on any atom is -0.478 e. The van der Waals surface area contributed by atoms with Crippen LogP contribution >= 0.6 is 0 Å². The van der Waals surface area contributed by atoms with Gasteiger partial charge in [-0.1, -0.05) is 6.07 Å². The summed E-state index contributed by atoms with van der Waals surface area (Å²) in [5, 5.41) is 29.1. The number of aliphatic hydroxyl groups excluding tert-OH is 2. The third-order valence-corrected chi connectivity index (χ3v) is 5.44. The Morgan fingerprint density at radius 2 is 1.61 bits per heavy atom. The lowest BCUT2D eigenvalue weighted by atomic mass is 9.78. The number of carbonyl (C=O) groups is 3. The number of hydrogen-bond acceptors (Lipinski definition) is 5. The molecule has 23 heavy (non-hydrogen) atoms. The Hall–Kier alpha value is -2.25. The van der Waals surface area contributed by atoms with Gasteiger partial charge in [0, 0.05) is 11.8 Å². The van der Waals surface area contributed by atoms with E-state index in [4.69, 9.17) is 5.11 Å². The van der Waals surface area contributed by atoms with Gasteiger partial charge in [-0.2, -0.15) is 0 Å². The molecule has 1 aromatic carbocycles. The van der Waals surface area contributed by atoms with Gasteiger partial charge in [0.1, 0.15) is 0 Å². The van der Waals surface area contributed by atoms with Crippen molar-refractivity contribution in [3.8, 4) is 0 Å². The maximum atomic E-state index is 12.7. The topological polar surface area (TPSA) is 115 Å². The van der Waals surface area contributed by atoms with Crippen molar-refractivity contribution in [1.29, 1.82) is 0 Å². The van der Waals surface area contributed by atoms with Crippen molar-refractivity contribution < 1.29 is 29.7 Å². The van der Waals surface area contributed by atoms with Crippen LogP contribution in [-0.4, -0.2) is 45.3 Å². The molecule has 2 bridgehead atoms. The first-order valence-corrected chi connectivity index (χ1v) is 7.49. The van der Waals surface area contributed by atoms with Gasteiger partial charge < -0.3 is 15.3 Å². The molecule has 120 valence electrons. The van der Waals surface area contributed by atoms with Crippen LogP contribution in [0.25, 0.3) is 0 Å². The number of hydrogen-bond donors (Lipinski definition) is 3. The molecule has 1 saturated heterocycles. The van der Waals surface area contributed by atoms with Crippen molar-refractivity contribution in [2.45, 2.75) is 18.6 Å². The minimum absolute atomic E-state index is 0.0109. The van der Waals surface area contributed by atoms with E-state index in [1.807, 2.05) is 0 Å². The molecule has 6 atom stereocenters. The summed E-state index contributed by atoms with van der Waals surface area (Å²) in [5.74, 6) is -4.05. The Bertz CT molecular complexity index is 699. The van der Waals surface area contributed by atoms with Crippen molar-refractivity contribution in [2.24, 2.45) is 23.7 Å². The van der Waals surface area contributed by atoms with Crippen molar-refractivity contribution in [2.75, 3.05) is 4.90 Å². The Morgan fingerprint density at radius 3 is 2.13 bits per heavy atom. The van der Waals surface area contributed by atoms with Gasteiger partial charge in [-0.3, -0.25) is 14.5 Å². The number of carboxylic acid groups (broad SMARTS) is 1. The quantitative estimate of drug-likeness (QED) is 0.654. The maximum Gasteiger partial charge on any atom is 0.335 e. The molecular weight excluding hydrogens is 302 g/mol. The largest absolute Gasteiger partial charge is 0.478 e. The van der Waals surface area contributed by atoms with Gasteiger partial charge in [-0.05, 0) is 24.6 Å². The maximum absolute atomic E-state index is 12.7. The second-order valence-corrected chi connectivity index (χ2v) is 6.46. The van der Waals surface area contributed by atoms with E-state index in [0.717, 1.165) is 4.90 Å². The van der Waals surface area contributed by atoms with Crippen molar-refractivity contribution in [3.05, 3.63) is 29.8 Å². The van der Waals surface area contributed by atoms with E-state index in [9.17, 15) is 24.6 Å². The third-order valence-electron chi connectivity index (χ3n) is 5.44. The van der Waals surface area contributed by atoms with Crippen LogP contribution in [0.15, 0.2) is 24.3 Å². The molecule has 1 aliphatic heterocycles. The number of aliphatic hydroxyl groups is 2. The molecule has 2 saturated carbocycles. The number of benzene rings is 1. The number of carboxylic acids is 1. The molecular formula is C16H15NO6. The highest BCUT2D eigenvalue weighted by Crippen LogP contribution is 2.56. The summed E-state index contributed by atoms with van der Waals surface area (Å²) in [7, 11) is 0. The Kier molecular flexibility index (Phi) is 2.88. The van der Waals surface area contributed by atoms with Gasteiger partial charge in [0.2, 0.25) is 11.8 Å². The van der Waals surface area contributed by atoms with Crippen LogP contribution in [0.2, 0.25) is 0 Å². The van der Waals surface area contributed by atoms with E-state index < -0.39 is 53.7 Å². The van der Waals surface area contributed by atoms with E-state index in [-0.39, 0.29) is 11.3 Å². The molecule has 4 rings (SSSR count). The molecule has 7 heteroatoms. The molecule has 1 aromatic rings. The number of rotatable bonds is 2. The van der Waals surface area contributed by atoms with E-state index in [1.165, 1.54) is 24.3 Å². The Labute approximate surface area is 131 Å². The standard InChI is InChI=1S/C16H15NO6/c18-12-8-5-9(13(12)19)11-10(8)14(20)17(15(11)21)7-3-1-2-6(4-7)16(22)23/h1-4,8-13,18-19H,5H2,(H,22,23)/t8-,9+,10-,11-,12-,13+/m1/s1. The summed E-state index contributed by atoms with van der Waals surface area (Å²) in [6.45, 7) is 0. The Morgan fingerprint density at radius 1 is 1.04 bits per heavy atom. The fraction of sp³-hybridized carbons (Fsp3) is 0.438. The van der Waals surface area contributed by atoms with Gasteiger partial charge in [-0.15, -0.1) is 0 Å². The summed E-state index contributed by atoms with van der Waals surface area (Å²) in [6, 6.07) is 5.66. The molecule has 3 N–H and O–H groups in total. The normalized spacial score (nSPS) is 38.3. The van der Waals surface area contributed by atoms with Gasteiger partial charge in [0.15, 0.2) is 0 Å². The fourth-order valence-electron chi connectivity index (χ4n) is 4.46. The molecule has 7 nitrogen and oxygen atoms in total. The molecule has 0 radical (unpaired) electrons. The zero-order valence-corrected chi connectivity index (χ0v) is 12.0. The third kappa shape index (κ3) is 1.74. The molecule has 2 amide bonds. The molecule has 0 spiro atoms. The minimum atomic E-state index is -1.14. The van der Waals surface area contributed by atoms with Crippen LogP contribution in [0.3, 0.4) is 0 Å². The molecule has 2 aliphatic carbocycles. The lowest BCUT2D eigenvalue weighted by Crippen LogP contribution is -2.43. The van der Waals surface area contributed by atoms with Gasteiger partial charge >= 0.3 is 5.97 Å². The first-order chi connectivity index (χ1) is 10.9. The average Bonchev–Trinajstić information content (AvgIpc) is 3.12. The number of amides is 2. The number of fused-ring (bicyclic) bond motifs is 5. The number of imide groups is 1. The highest BCUT2D eigenvalue weighted by molar-refractivity contribution is 6.22. The van der Waals surface area contributed by atoms with Crippen LogP contribution in [0, 0.1) is 23.7 Å². The molecule has 0 unspecified atom stereocenters. The SMILES string of the molecule is O=C(O)c1cccc(N2C(=O)[C@@H]3[C@@H]4C[C@@H]([C@@H](O)[C@H]4O)[C@H]3C2=O)c1. The van der Waals surface area contributed by atoms with Crippen molar-refractivity contribution in [1.82, 2.24) is 0 Å². The van der Waals surface area contributed by atoms with Crippen LogP contribution < -0.4 is 4.90 Å². The number of aromatic carboxylic acids is 1. The molecule has 1 heterocycles. The lowest BCUT2D eigenvalue weighted by Gasteiger charge is -2.29. The highest BCUT2D eigenvalue weighted by atomic mass is 16.4. The summed E-state index contributed by atoms with van der Waals surface area (Å²) in [4.78, 5) is 37.5. The monoisotopic (exact) mass is 317 g/mol. The lowest BCUT2D eigenvalue weighted by molar-refractivity contribution is -0.129. The number of nitrogens with zero attached hydrogens (tertiary/aromatic N) is 1. The summed E-state index contributed by atoms with van der Waals surface area (Å²) < 4.78 is 0. The zero-order chi connectivity index (χ0) is 16.5. The predicted molar refractivity (Wildman–Crippen MR) is 76.5 cm³/mol. The van der Waals surface area contributed by atoms with Crippen molar-refractivity contribution >= 4 is 23.5 Å². The zero-order valence-electron chi connectivity index (χ0n) is 12.0.